The summed E-state index contributed by atoms with van der Waals surface area (Å²) in [5.41, 5.74) is 1.55. The highest BCUT2D eigenvalue weighted by atomic mass is 16.5. The van der Waals surface area contributed by atoms with Gasteiger partial charge in [-0.3, -0.25) is 4.79 Å². The van der Waals surface area contributed by atoms with Crippen LogP contribution in [0.3, 0.4) is 0 Å². The predicted molar refractivity (Wildman–Crippen MR) is 93.0 cm³/mol. The molecule has 0 bridgehead atoms. The van der Waals surface area contributed by atoms with Gasteiger partial charge in [0.05, 0.1) is 19.9 Å². The van der Waals surface area contributed by atoms with Crippen molar-refractivity contribution in [2.75, 3.05) is 31.4 Å². The van der Waals surface area contributed by atoms with Gasteiger partial charge in [-0.05, 0) is 31.5 Å². The van der Waals surface area contributed by atoms with Crippen molar-refractivity contribution in [1.29, 1.82) is 0 Å². The number of amides is 1. The van der Waals surface area contributed by atoms with Crippen molar-refractivity contribution in [3.05, 3.63) is 35.7 Å². The van der Waals surface area contributed by atoms with Gasteiger partial charge in [-0.2, -0.15) is 0 Å². The SMILES string of the molecule is CCCNc1nc(C)cc(C(=O)Nc2ccc(OC)cc2OC)n1. The quantitative estimate of drug-likeness (QED) is 0.812. The number of hydrogen-bond donors (Lipinski definition) is 2. The second-order valence-electron chi connectivity index (χ2n) is 5.17. The molecule has 2 rings (SSSR count). The largest absolute Gasteiger partial charge is 0.497 e. The standard InChI is InChI=1S/C17H22N4O3/c1-5-8-18-17-19-11(2)9-14(21-17)16(22)20-13-7-6-12(23-3)10-15(13)24-4/h6-7,9-10H,5,8H2,1-4H3,(H,20,22)(H,18,19,21). The maximum atomic E-state index is 12.5. The van der Waals surface area contributed by atoms with E-state index in [0.717, 1.165) is 18.7 Å². The molecule has 0 spiro atoms. The molecule has 2 aromatic rings. The van der Waals surface area contributed by atoms with E-state index in [0.29, 0.717) is 28.8 Å². The van der Waals surface area contributed by atoms with Gasteiger partial charge in [0.15, 0.2) is 0 Å². The van der Waals surface area contributed by atoms with E-state index in [9.17, 15) is 4.79 Å². The Labute approximate surface area is 141 Å². The monoisotopic (exact) mass is 330 g/mol. The van der Waals surface area contributed by atoms with Gasteiger partial charge in [-0.25, -0.2) is 9.97 Å². The van der Waals surface area contributed by atoms with Crippen LogP contribution < -0.4 is 20.1 Å². The summed E-state index contributed by atoms with van der Waals surface area (Å²) in [5, 5.41) is 5.89. The van der Waals surface area contributed by atoms with Gasteiger partial charge in [-0.15, -0.1) is 0 Å². The summed E-state index contributed by atoms with van der Waals surface area (Å²) in [6.45, 7) is 4.62. The molecule has 0 saturated carbocycles. The average Bonchev–Trinajstić information content (AvgIpc) is 2.59. The van der Waals surface area contributed by atoms with Crippen LogP contribution in [-0.2, 0) is 0 Å². The van der Waals surface area contributed by atoms with Gasteiger partial charge < -0.3 is 20.1 Å². The summed E-state index contributed by atoms with van der Waals surface area (Å²) >= 11 is 0. The first-order valence-electron chi connectivity index (χ1n) is 7.70. The summed E-state index contributed by atoms with van der Waals surface area (Å²) in [7, 11) is 3.10. The molecule has 1 heterocycles. The highest BCUT2D eigenvalue weighted by Gasteiger charge is 2.14. The number of methoxy groups -OCH3 is 2. The molecule has 2 N–H and O–H groups in total. The van der Waals surface area contributed by atoms with E-state index in [-0.39, 0.29) is 5.91 Å². The molecule has 0 radical (unpaired) electrons. The van der Waals surface area contributed by atoms with E-state index in [4.69, 9.17) is 9.47 Å². The van der Waals surface area contributed by atoms with E-state index in [1.54, 1.807) is 31.4 Å². The van der Waals surface area contributed by atoms with Crippen molar-refractivity contribution >= 4 is 17.5 Å². The van der Waals surface area contributed by atoms with E-state index in [2.05, 4.69) is 20.6 Å². The minimum absolute atomic E-state index is 0.291. The third kappa shape index (κ3) is 4.34. The van der Waals surface area contributed by atoms with Gasteiger partial charge in [0.2, 0.25) is 5.95 Å². The van der Waals surface area contributed by atoms with Gasteiger partial charge in [0.25, 0.3) is 5.91 Å². The molecular formula is C17H22N4O3. The molecule has 0 fully saturated rings. The fraction of sp³-hybridized carbons (Fsp3) is 0.353. The Kier molecular flexibility index (Phi) is 5.95. The Morgan fingerprint density at radius 2 is 1.96 bits per heavy atom. The van der Waals surface area contributed by atoms with Gasteiger partial charge in [0.1, 0.15) is 17.2 Å². The topological polar surface area (TPSA) is 85.4 Å². The number of ether oxygens (including phenoxy) is 2. The highest BCUT2D eigenvalue weighted by Crippen LogP contribution is 2.29. The van der Waals surface area contributed by atoms with Crippen molar-refractivity contribution in [3.8, 4) is 11.5 Å². The van der Waals surface area contributed by atoms with Crippen molar-refractivity contribution < 1.29 is 14.3 Å². The number of carbonyl (C=O) groups excluding carboxylic acids is 1. The van der Waals surface area contributed by atoms with Crippen molar-refractivity contribution in [2.45, 2.75) is 20.3 Å². The number of aromatic nitrogens is 2. The van der Waals surface area contributed by atoms with Crippen LogP contribution in [0.4, 0.5) is 11.6 Å². The summed E-state index contributed by atoms with van der Waals surface area (Å²) in [6, 6.07) is 6.81. The average molecular weight is 330 g/mol. The van der Waals surface area contributed by atoms with Gasteiger partial charge in [0, 0.05) is 18.3 Å². The van der Waals surface area contributed by atoms with E-state index < -0.39 is 0 Å². The predicted octanol–water partition coefficient (Wildman–Crippen LogP) is 2.88. The number of aryl methyl sites for hydroxylation is 1. The Balaban J connectivity index is 2.22. The molecule has 1 amide bonds. The van der Waals surface area contributed by atoms with E-state index in [1.165, 1.54) is 7.11 Å². The first-order chi connectivity index (χ1) is 11.6. The molecule has 128 valence electrons. The lowest BCUT2D eigenvalue weighted by Crippen LogP contribution is -2.16. The van der Waals surface area contributed by atoms with E-state index >= 15 is 0 Å². The Bertz CT molecular complexity index is 719. The number of nitrogens with zero attached hydrogens (tertiary/aromatic N) is 2. The molecule has 1 aromatic heterocycles. The summed E-state index contributed by atoms with van der Waals surface area (Å²) in [5.74, 6) is 1.28. The Hall–Kier alpha value is -2.83. The molecule has 1 aromatic carbocycles. The zero-order valence-corrected chi connectivity index (χ0v) is 14.3. The lowest BCUT2D eigenvalue weighted by atomic mass is 10.2. The molecule has 0 unspecified atom stereocenters. The first kappa shape index (κ1) is 17.5. The Morgan fingerprint density at radius 3 is 2.62 bits per heavy atom. The fourth-order valence-electron chi connectivity index (χ4n) is 2.09. The molecule has 0 aliphatic rings. The molecule has 0 aliphatic carbocycles. The lowest BCUT2D eigenvalue weighted by Gasteiger charge is -2.12. The molecule has 0 atom stereocenters. The van der Waals surface area contributed by atoms with Crippen LogP contribution in [0.5, 0.6) is 11.5 Å². The van der Waals surface area contributed by atoms with Gasteiger partial charge >= 0.3 is 0 Å². The number of nitrogens with one attached hydrogen (secondary N) is 2. The summed E-state index contributed by atoms with van der Waals surface area (Å²) in [6.07, 6.45) is 0.946. The second-order valence-corrected chi connectivity index (χ2v) is 5.17. The normalized spacial score (nSPS) is 10.2. The number of benzene rings is 1. The smallest absolute Gasteiger partial charge is 0.274 e. The number of rotatable bonds is 7. The third-order valence-electron chi connectivity index (χ3n) is 3.28. The number of carbonyl (C=O) groups is 1. The van der Waals surface area contributed by atoms with Crippen LogP contribution in [-0.4, -0.2) is 36.6 Å². The van der Waals surface area contributed by atoms with E-state index in [1.807, 2.05) is 13.8 Å². The second kappa shape index (κ2) is 8.14. The number of anilines is 2. The zero-order chi connectivity index (χ0) is 17.5. The Morgan fingerprint density at radius 1 is 1.17 bits per heavy atom. The van der Waals surface area contributed by atoms with Gasteiger partial charge in [-0.1, -0.05) is 6.92 Å². The molecular weight excluding hydrogens is 308 g/mol. The minimum atomic E-state index is -0.330. The highest BCUT2D eigenvalue weighted by molar-refractivity contribution is 6.04. The molecule has 7 heteroatoms. The van der Waals surface area contributed by atoms with Crippen LogP contribution in [0.2, 0.25) is 0 Å². The van der Waals surface area contributed by atoms with Crippen LogP contribution >= 0.6 is 0 Å². The summed E-state index contributed by atoms with van der Waals surface area (Å²) in [4.78, 5) is 21.0. The minimum Gasteiger partial charge on any atom is -0.497 e. The van der Waals surface area contributed by atoms with Crippen molar-refractivity contribution in [3.63, 3.8) is 0 Å². The van der Waals surface area contributed by atoms with Crippen LogP contribution in [0, 0.1) is 6.92 Å². The van der Waals surface area contributed by atoms with Crippen LogP contribution in [0.25, 0.3) is 0 Å². The third-order valence-corrected chi connectivity index (χ3v) is 3.28. The lowest BCUT2D eigenvalue weighted by molar-refractivity contribution is 0.102. The maximum absolute atomic E-state index is 12.5. The first-order valence-corrected chi connectivity index (χ1v) is 7.70. The molecule has 24 heavy (non-hydrogen) atoms. The number of hydrogen-bond acceptors (Lipinski definition) is 6. The maximum Gasteiger partial charge on any atom is 0.274 e. The van der Waals surface area contributed by atoms with Crippen molar-refractivity contribution in [1.82, 2.24) is 9.97 Å². The van der Waals surface area contributed by atoms with Crippen LogP contribution in [0.15, 0.2) is 24.3 Å². The molecule has 7 nitrogen and oxygen atoms in total. The fourth-order valence-corrected chi connectivity index (χ4v) is 2.09. The summed E-state index contributed by atoms with van der Waals surface area (Å²) < 4.78 is 10.4. The van der Waals surface area contributed by atoms with Crippen LogP contribution in [0.1, 0.15) is 29.5 Å². The molecule has 0 aliphatic heterocycles. The molecule has 0 saturated heterocycles. The zero-order valence-electron chi connectivity index (χ0n) is 14.3. The van der Waals surface area contributed by atoms with Crippen molar-refractivity contribution in [2.24, 2.45) is 0 Å².